The normalized spacial score (nSPS) is 11.4. The molecule has 3 heterocycles. The number of nitrogen functional groups attached to an aromatic ring is 1. The third-order valence-electron chi connectivity index (χ3n) is 2.84. The van der Waals surface area contributed by atoms with Gasteiger partial charge in [-0.1, -0.05) is 11.3 Å². The Balaban J connectivity index is 1.92. The van der Waals surface area contributed by atoms with Gasteiger partial charge in [-0.05, 0) is 24.3 Å². The van der Waals surface area contributed by atoms with Crippen molar-refractivity contribution in [2.75, 3.05) is 5.73 Å². The molecule has 4 nitrogen and oxygen atoms in total. The van der Waals surface area contributed by atoms with Crippen molar-refractivity contribution in [3.8, 4) is 10.6 Å². The first kappa shape index (κ1) is 10.8. The van der Waals surface area contributed by atoms with Gasteiger partial charge in [0.25, 0.3) is 0 Å². The van der Waals surface area contributed by atoms with Crippen molar-refractivity contribution in [2.45, 2.75) is 0 Å². The van der Waals surface area contributed by atoms with Crippen molar-refractivity contribution in [3.05, 3.63) is 36.7 Å². The van der Waals surface area contributed by atoms with Gasteiger partial charge in [0.1, 0.15) is 10.5 Å². The molecule has 0 saturated carbocycles. The van der Waals surface area contributed by atoms with E-state index in [1.54, 1.807) is 23.7 Å². The molecular formula is C13H8N4S2. The zero-order chi connectivity index (χ0) is 12.8. The first-order valence-electron chi connectivity index (χ1n) is 5.66. The standard InChI is InChI=1S/C13H8N4S2/c14-13-17-8-2-1-7(5-11(8)19-13)12-16-9-6-15-4-3-10(9)18-12/h1-6H,(H2,14,17). The maximum Gasteiger partial charge on any atom is 0.181 e. The lowest BCUT2D eigenvalue weighted by Crippen LogP contribution is -1.79. The lowest BCUT2D eigenvalue weighted by atomic mass is 10.2. The highest BCUT2D eigenvalue weighted by atomic mass is 32.1. The van der Waals surface area contributed by atoms with Crippen LogP contribution in [0, 0.1) is 0 Å². The topological polar surface area (TPSA) is 64.7 Å². The van der Waals surface area contributed by atoms with E-state index in [0.29, 0.717) is 5.13 Å². The molecule has 4 rings (SSSR count). The summed E-state index contributed by atoms with van der Waals surface area (Å²) < 4.78 is 2.24. The maximum atomic E-state index is 5.73. The summed E-state index contributed by atoms with van der Waals surface area (Å²) >= 11 is 3.17. The minimum absolute atomic E-state index is 0.598. The first-order valence-corrected chi connectivity index (χ1v) is 7.30. The average Bonchev–Trinajstić information content (AvgIpc) is 2.99. The zero-order valence-corrected chi connectivity index (χ0v) is 11.3. The highest BCUT2D eigenvalue weighted by Gasteiger charge is 2.08. The summed E-state index contributed by atoms with van der Waals surface area (Å²) in [6, 6.07) is 8.10. The second-order valence-corrected chi connectivity index (χ2v) is 6.19. The number of hydrogen-bond acceptors (Lipinski definition) is 6. The maximum absolute atomic E-state index is 5.73. The van der Waals surface area contributed by atoms with Crippen LogP contribution in [-0.2, 0) is 0 Å². The van der Waals surface area contributed by atoms with Gasteiger partial charge in [-0.3, -0.25) is 4.98 Å². The van der Waals surface area contributed by atoms with Crippen LogP contribution in [0.4, 0.5) is 5.13 Å². The Bertz CT molecular complexity index is 861. The molecule has 0 saturated heterocycles. The number of fused-ring (bicyclic) bond motifs is 2. The molecule has 0 aliphatic carbocycles. The highest BCUT2D eigenvalue weighted by Crippen LogP contribution is 2.33. The van der Waals surface area contributed by atoms with Gasteiger partial charge in [-0.2, -0.15) is 0 Å². The lowest BCUT2D eigenvalue weighted by Gasteiger charge is -1.94. The van der Waals surface area contributed by atoms with Crippen LogP contribution in [0.2, 0.25) is 0 Å². The highest BCUT2D eigenvalue weighted by molar-refractivity contribution is 7.22. The van der Waals surface area contributed by atoms with E-state index in [4.69, 9.17) is 5.73 Å². The summed E-state index contributed by atoms with van der Waals surface area (Å²) in [5.74, 6) is 0. The van der Waals surface area contributed by atoms with Crippen LogP contribution in [0.1, 0.15) is 0 Å². The van der Waals surface area contributed by atoms with Crippen LogP contribution >= 0.6 is 22.7 Å². The van der Waals surface area contributed by atoms with Crippen molar-refractivity contribution in [2.24, 2.45) is 0 Å². The summed E-state index contributed by atoms with van der Waals surface area (Å²) in [5, 5.41) is 1.59. The molecule has 0 amide bonds. The summed E-state index contributed by atoms with van der Waals surface area (Å²) in [7, 11) is 0. The van der Waals surface area contributed by atoms with E-state index in [9.17, 15) is 0 Å². The largest absolute Gasteiger partial charge is 0.375 e. The van der Waals surface area contributed by atoms with E-state index >= 15 is 0 Å². The predicted octanol–water partition coefficient (Wildman–Crippen LogP) is 3.55. The first-order chi connectivity index (χ1) is 9.29. The third kappa shape index (κ3) is 1.76. The van der Waals surface area contributed by atoms with Crippen LogP contribution in [-0.4, -0.2) is 15.0 Å². The average molecular weight is 284 g/mol. The zero-order valence-electron chi connectivity index (χ0n) is 9.70. The molecule has 0 spiro atoms. The van der Waals surface area contributed by atoms with Gasteiger partial charge in [-0.15, -0.1) is 11.3 Å². The molecule has 0 aliphatic heterocycles. The van der Waals surface area contributed by atoms with Crippen LogP contribution in [0.5, 0.6) is 0 Å². The van der Waals surface area contributed by atoms with Gasteiger partial charge in [0.15, 0.2) is 5.13 Å². The quantitative estimate of drug-likeness (QED) is 0.580. The molecule has 4 aromatic rings. The summed E-state index contributed by atoms with van der Waals surface area (Å²) in [5.41, 5.74) is 8.70. The van der Waals surface area contributed by atoms with Crippen molar-refractivity contribution >= 4 is 48.2 Å². The summed E-state index contributed by atoms with van der Waals surface area (Å²) in [4.78, 5) is 13.0. The lowest BCUT2D eigenvalue weighted by molar-refractivity contribution is 1.34. The van der Waals surface area contributed by atoms with Crippen molar-refractivity contribution in [3.63, 3.8) is 0 Å². The molecule has 0 fully saturated rings. The molecule has 3 aromatic heterocycles. The number of benzene rings is 1. The van der Waals surface area contributed by atoms with Crippen molar-refractivity contribution < 1.29 is 0 Å². The number of nitrogens with zero attached hydrogens (tertiary/aromatic N) is 3. The Labute approximate surface area is 116 Å². The number of rotatable bonds is 1. The Morgan fingerprint density at radius 3 is 2.79 bits per heavy atom. The van der Waals surface area contributed by atoms with Gasteiger partial charge in [0.2, 0.25) is 0 Å². The second-order valence-electron chi connectivity index (χ2n) is 4.10. The predicted molar refractivity (Wildman–Crippen MR) is 80.4 cm³/mol. The van der Waals surface area contributed by atoms with Crippen LogP contribution in [0.25, 0.3) is 31.0 Å². The van der Waals surface area contributed by atoms with E-state index in [1.807, 2.05) is 18.2 Å². The molecule has 0 atom stereocenters. The molecule has 0 radical (unpaired) electrons. The molecule has 6 heteroatoms. The van der Waals surface area contributed by atoms with E-state index in [0.717, 1.165) is 31.0 Å². The number of aromatic nitrogens is 3. The van der Waals surface area contributed by atoms with Gasteiger partial charge >= 0.3 is 0 Å². The van der Waals surface area contributed by atoms with Crippen LogP contribution in [0.15, 0.2) is 36.7 Å². The second kappa shape index (κ2) is 3.97. The van der Waals surface area contributed by atoms with E-state index < -0.39 is 0 Å². The molecule has 0 aliphatic rings. The number of pyridine rings is 1. The number of thiazole rings is 2. The van der Waals surface area contributed by atoms with Gasteiger partial charge in [0.05, 0.1) is 21.1 Å². The fraction of sp³-hybridized carbons (Fsp3) is 0. The number of nitrogens with two attached hydrogens (primary N) is 1. The fourth-order valence-corrected chi connectivity index (χ4v) is 3.68. The Morgan fingerprint density at radius 1 is 0.947 bits per heavy atom. The van der Waals surface area contributed by atoms with Crippen LogP contribution < -0.4 is 5.73 Å². The molecule has 2 N–H and O–H groups in total. The molecule has 0 unspecified atom stereocenters. The molecule has 92 valence electrons. The minimum atomic E-state index is 0.598. The van der Waals surface area contributed by atoms with E-state index in [2.05, 4.69) is 21.0 Å². The SMILES string of the molecule is Nc1nc2ccc(-c3nc4cnccc4s3)cc2s1. The van der Waals surface area contributed by atoms with Crippen LogP contribution in [0.3, 0.4) is 0 Å². The van der Waals surface area contributed by atoms with E-state index in [1.165, 1.54) is 11.3 Å². The molecular weight excluding hydrogens is 276 g/mol. The number of hydrogen-bond donors (Lipinski definition) is 1. The monoisotopic (exact) mass is 284 g/mol. The van der Waals surface area contributed by atoms with Gasteiger partial charge in [-0.25, -0.2) is 9.97 Å². The molecule has 1 aromatic carbocycles. The van der Waals surface area contributed by atoms with Crippen molar-refractivity contribution in [1.29, 1.82) is 0 Å². The van der Waals surface area contributed by atoms with Gasteiger partial charge in [0, 0.05) is 11.8 Å². The Hall–Kier alpha value is -2.05. The van der Waals surface area contributed by atoms with Gasteiger partial charge < -0.3 is 5.73 Å². The Kier molecular flexibility index (Phi) is 2.27. The Morgan fingerprint density at radius 2 is 1.89 bits per heavy atom. The summed E-state index contributed by atoms with van der Waals surface area (Å²) in [6.45, 7) is 0. The number of anilines is 1. The van der Waals surface area contributed by atoms with Crippen molar-refractivity contribution in [1.82, 2.24) is 15.0 Å². The van der Waals surface area contributed by atoms with E-state index in [-0.39, 0.29) is 0 Å². The fourth-order valence-electron chi connectivity index (χ4n) is 1.98. The summed E-state index contributed by atoms with van der Waals surface area (Å²) in [6.07, 6.45) is 3.58. The minimum Gasteiger partial charge on any atom is -0.375 e. The molecule has 19 heavy (non-hydrogen) atoms. The third-order valence-corrected chi connectivity index (χ3v) is 4.77. The molecule has 0 bridgehead atoms. The smallest absolute Gasteiger partial charge is 0.181 e.